The second-order valence-electron chi connectivity index (χ2n) is 6.03. The van der Waals surface area contributed by atoms with Gasteiger partial charge in [0, 0.05) is 0 Å². The van der Waals surface area contributed by atoms with Crippen molar-refractivity contribution in [2.75, 3.05) is 0 Å². The summed E-state index contributed by atoms with van der Waals surface area (Å²) in [5.41, 5.74) is -1.14. The van der Waals surface area contributed by atoms with E-state index in [1.54, 1.807) is 0 Å². The lowest BCUT2D eigenvalue weighted by Gasteiger charge is -2.51. The van der Waals surface area contributed by atoms with Crippen LogP contribution in [0.1, 0.15) is 71.1 Å². The van der Waals surface area contributed by atoms with Crippen LogP contribution in [0.25, 0.3) is 0 Å². The van der Waals surface area contributed by atoms with Gasteiger partial charge in [0.15, 0.2) is 0 Å². The monoisotopic (exact) mass is 235 g/mol. The minimum atomic E-state index is -0.699. The van der Waals surface area contributed by atoms with Gasteiger partial charge in [0.25, 0.3) is 0 Å². The first-order chi connectivity index (χ1) is 8.18. The highest BCUT2D eigenvalue weighted by molar-refractivity contribution is 5.15. The standard InChI is InChI=1S/C15H25NO/c1-2-13-8-4-7-11-15(13,17)14(12-16)9-5-3-6-10-14/h13,17H,2-11H2,1H3. The van der Waals surface area contributed by atoms with Gasteiger partial charge in [-0.05, 0) is 31.6 Å². The Morgan fingerprint density at radius 1 is 1.12 bits per heavy atom. The summed E-state index contributed by atoms with van der Waals surface area (Å²) in [5.74, 6) is 0.342. The molecular weight excluding hydrogens is 210 g/mol. The van der Waals surface area contributed by atoms with E-state index in [1.165, 1.54) is 12.8 Å². The maximum Gasteiger partial charge on any atom is 0.0863 e. The summed E-state index contributed by atoms with van der Waals surface area (Å²) in [6.07, 6.45) is 10.6. The lowest BCUT2D eigenvalue weighted by molar-refractivity contribution is -0.137. The summed E-state index contributed by atoms with van der Waals surface area (Å²) in [4.78, 5) is 0. The molecule has 2 heteroatoms. The first-order valence-electron chi connectivity index (χ1n) is 7.32. The maximum absolute atomic E-state index is 11.2. The molecule has 2 aliphatic carbocycles. The summed E-state index contributed by atoms with van der Waals surface area (Å²) in [5, 5.41) is 20.8. The third kappa shape index (κ3) is 1.99. The van der Waals surface area contributed by atoms with Crippen molar-refractivity contribution in [3.05, 3.63) is 0 Å². The largest absolute Gasteiger partial charge is 0.388 e. The topological polar surface area (TPSA) is 44.0 Å². The van der Waals surface area contributed by atoms with E-state index < -0.39 is 11.0 Å². The van der Waals surface area contributed by atoms with Crippen molar-refractivity contribution in [1.82, 2.24) is 0 Å². The molecule has 2 saturated carbocycles. The van der Waals surface area contributed by atoms with E-state index in [1.807, 2.05) is 0 Å². The zero-order chi connectivity index (χ0) is 12.4. The van der Waals surface area contributed by atoms with E-state index in [0.29, 0.717) is 5.92 Å². The van der Waals surface area contributed by atoms with E-state index in [-0.39, 0.29) is 0 Å². The summed E-state index contributed by atoms with van der Waals surface area (Å²) in [7, 11) is 0. The lowest BCUT2D eigenvalue weighted by Crippen LogP contribution is -2.55. The van der Waals surface area contributed by atoms with Gasteiger partial charge in [-0.15, -0.1) is 0 Å². The average Bonchev–Trinajstić information content (AvgIpc) is 2.40. The average molecular weight is 235 g/mol. The van der Waals surface area contributed by atoms with Gasteiger partial charge in [0.2, 0.25) is 0 Å². The fourth-order valence-corrected chi connectivity index (χ4v) is 4.20. The van der Waals surface area contributed by atoms with Gasteiger partial charge in [0.1, 0.15) is 0 Å². The van der Waals surface area contributed by atoms with Gasteiger partial charge < -0.3 is 5.11 Å². The molecule has 1 N–H and O–H groups in total. The lowest BCUT2D eigenvalue weighted by atomic mass is 9.55. The molecule has 2 nitrogen and oxygen atoms in total. The zero-order valence-electron chi connectivity index (χ0n) is 11.0. The Bertz CT molecular complexity index is 301. The Morgan fingerprint density at radius 3 is 2.35 bits per heavy atom. The molecule has 2 rings (SSSR count). The van der Waals surface area contributed by atoms with Crippen molar-refractivity contribution in [1.29, 1.82) is 5.26 Å². The number of hydrogen-bond acceptors (Lipinski definition) is 2. The van der Waals surface area contributed by atoms with E-state index in [0.717, 1.165) is 51.4 Å². The van der Waals surface area contributed by atoms with Crippen molar-refractivity contribution in [2.45, 2.75) is 76.7 Å². The van der Waals surface area contributed by atoms with Crippen LogP contribution in [-0.2, 0) is 0 Å². The van der Waals surface area contributed by atoms with Crippen LogP contribution in [0.4, 0.5) is 0 Å². The van der Waals surface area contributed by atoms with E-state index in [2.05, 4.69) is 13.0 Å². The van der Waals surface area contributed by atoms with Crippen LogP contribution >= 0.6 is 0 Å². The number of nitrogens with zero attached hydrogens (tertiary/aromatic N) is 1. The SMILES string of the molecule is CCC1CCCCC1(O)C1(C#N)CCCCC1. The summed E-state index contributed by atoms with van der Waals surface area (Å²) >= 11 is 0. The van der Waals surface area contributed by atoms with E-state index >= 15 is 0 Å². The maximum atomic E-state index is 11.2. The van der Waals surface area contributed by atoms with Gasteiger partial charge >= 0.3 is 0 Å². The summed E-state index contributed by atoms with van der Waals surface area (Å²) < 4.78 is 0. The third-order valence-electron chi connectivity index (χ3n) is 5.28. The van der Waals surface area contributed by atoms with E-state index in [4.69, 9.17) is 0 Å². The molecule has 0 aliphatic heterocycles. The highest BCUT2D eigenvalue weighted by Crippen LogP contribution is 2.53. The van der Waals surface area contributed by atoms with Crippen molar-refractivity contribution in [3.8, 4) is 6.07 Å². The van der Waals surface area contributed by atoms with Crippen molar-refractivity contribution >= 4 is 0 Å². The van der Waals surface area contributed by atoms with Crippen LogP contribution in [0.3, 0.4) is 0 Å². The Hall–Kier alpha value is -0.550. The fourth-order valence-electron chi connectivity index (χ4n) is 4.20. The van der Waals surface area contributed by atoms with Gasteiger partial charge in [-0.2, -0.15) is 5.26 Å². The van der Waals surface area contributed by atoms with Crippen LogP contribution in [0.15, 0.2) is 0 Å². The molecule has 96 valence electrons. The minimum Gasteiger partial charge on any atom is -0.388 e. The Morgan fingerprint density at radius 2 is 1.76 bits per heavy atom. The smallest absolute Gasteiger partial charge is 0.0863 e. The zero-order valence-corrected chi connectivity index (χ0v) is 11.0. The number of aliphatic hydroxyl groups is 1. The molecule has 0 aromatic heterocycles. The van der Waals surface area contributed by atoms with Gasteiger partial charge in [0.05, 0.1) is 17.1 Å². The summed E-state index contributed by atoms with van der Waals surface area (Å²) in [6.45, 7) is 2.16. The molecule has 2 aliphatic rings. The van der Waals surface area contributed by atoms with E-state index in [9.17, 15) is 10.4 Å². The Balaban J connectivity index is 2.29. The molecule has 0 aromatic rings. The normalized spacial score (nSPS) is 37.4. The fraction of sp³-hybridized carbons (Fsp3) is 0.933. The Kier molecular flexibility index (Phi) is 3.78. The van der Waals surface area contributed by atoms with Crippen LogP contribution in [0, 0.1) is 22.7 Å². The predicted molar refractivity (Wildman–Crippen MR) is 68.3 cm³/mol. The van der Waals surface area contributed by atoms with Crippen LogP contribution in [0.2, 0.25) is 0 Å². The van der Waals surface area contributed by atoms with Gasteiger partial charge in [-0.25, -0.2) is 0 Å². The first kappa shape index (κ1) is 12.9. The minimum absolute atomic E-state index is 0.342. The molecule has 2 unspecified atom stereocenters. The third-order valence-corrected chi connectivity index (χ3v) is 5.28. The quantitative estimate of drug-likeness (QED) is 0.791. The van der Waals surface area contributed by atoms with Crippen molar-refractivity contribution < 1.29 is 5.11 Å². The van der Waals surface area contributed by atoms with Gasteiger partial charge in [-0.1, -0.05) is 45.4 Å². The second kappa shape index (κ2) is 4.98. The molecule has 0 amide bonds. The molecule has 0 saturated heterocycles. The highest BCUT2D eigenvalue weighted by atomic mass is 16.3. The van der Waals surface area contributed by atoms with Crippen molar-refractivity contribution in [2.24, 2.45) is 11.3 Å². The molecule has 0 aromatic carbocycles. The van der Waals surface area contributed by atoms with Crippen LogP contribution in [0.5, 0.6) is 0 Å². The molecule has 0 radical (unpaired) electrons. The number of hydrogen-bond donors (Lipinski definition) is 1. The number of nitriles is 1. The molecule has 0 bridgehead atoms. The molecule has 0 spiro atoms. The van der Waals surface area contributed by atoms with Crippen LogP contribution in [-0.4, -0.2) is 10.7 Å². The summed E-state index contributed by atoms with van der Waals surface area (Å²) in [6, 6.07) is 2.54. The predicted octanol–water partition coefficient (Wildman–Crippen LogP) is 3.79. The molecule has 2 atom stereocenters. The molecule has 0 heterocycles. The van der Waals surface area contributed by atoms with Crippen LogP contribution < -0.4 is 0 Å². The van der Waals surface area contributed by atoms with Crippen molar-refractivity contribution in [3.63, 3.8) is 0 Å². The Labute approximate surface area is 105 Å². The molecular formula is C15H25NO. The van der Waals surface area contributed by atoms with Gasteiger partial charge in [-0.3, -0.25) is 0 Å². The first-order valence-corrected chi connectivity index (χ1v) is 7.32. The second-order valence-corrected chi connectivity index (χ2v) is 6.03. The number of rotatable bonds is 2. The molecule has 17 heavy (non-hydrogen) atoms. The highest BCUT2D eigenvalue weighted by Gasteiger charge is 2.55. The molecule has 2 fully saturated rings.